The van der Waals surface area contributed by atoms with Crippen molar-refractivity contribution >= 4 is 11.7 Å². The molecule has 5 nitrogen and oxygen atoms in total. The first-order valence-corrected chi connectivity index (χ1v) is 9.31. The maximum Gasteiger partial charge on any atom is 0.253 e. The Balaban J connectivity index is 1.48. The van der Waals surface area contributed by atoms with Crippen LogP contribution in [0.5, 0.6) is 5.75 Å². The van der Waals surface area contributed by atoms with Crippen molar-refractivity contribution < 1.29 is 9.53 Å². The lowest BCUT2D eigenvalue weighted by molar-refractivity contribution is 0.0950. The first-order chi connectivity index (χ1) is 13.7. The van der Waals surface area contributed by atoms with Gasteiger partial charge in [-0.3, -0.25) is 4.79 Å². The fraction of sp³-hybridized carbons (Fsp3) is 0.217. The summed E-state index contributed by atoms with van der Waals surface area (Å²) in [7, 11) is 1.67. The summed E-state index contributed by atoms with van der Waals surface area (Å²) in [5.74, 6) is 1.48. The van der Waals surface area contributed by atoms with Crippen molar-refractivity contribution in [2.45, 2.75) is 19.9 Å². The number of methoxy groups -OCH3 is 1. The summed E-state index contributed by atoms with van der Waals surface area (Å²) < 4.78 is 5.24. The molecule has 1 heterocycles. The van der Waals surface area contributed by atoms with Crippen LogP contribution in [0.3, 0.4) is 0 Å². The zero-order chi connectivity index (χ0) is 19.8. The van der Waals surface area contributed by atoms with Crippen molar-refractivity contribution in [1.82, 2.24) is 10.3 Å². The number of amides is 1. The molecular weight excluding hydrogens is 350 g/mol. The van der Waals surface area contributed by atoms with E-state index in [4.69, 9.17) is 4.74 Å². The van der Waals surface area contributed by atoms with Gasteiger partial charge in [0.1, 0.15) is 11.6 Å². The predicted molar refractivity (Wildman–Crippen MR) is 112 cm³/mol. The van der Waals surface area contributed by atoms with Crippen molar-refractivity contribution in [3.05, 3.63) is 89.1 Å². The fourth-order valence-electron chi connectivity index (χ4n) is 2.88. The molecule has 0 radical (unpaired) electrons. The number of rotatable bonds is 8. The van der Waals surface area contributed by atoms with Gasteiger partial charge in [0.25, 0.3) is 5.91 Å². The van der Waals surface area contributed by atoms with E-state index in [0.717, 1.165) is 35.7 Å². The van der Waals surface area contributed by atoms with Gasteiger partial charge in [-0.2, -0.15) is 0 Å². The minimum absolute atomic E-state index is 0.126. The van der Waals surface area contributed by atoms with Crippen LogP contribution < -0.4 is 15.4 Å². The average molecular weight is 375 g/mol. The quantitative estimate of drug-likeness (QED) is 0.625. The molecule has 2 N–H and O–H groups in total. The summed E-state index contributed by atoms with van der Waals surface area (Å²) in [4.78, 5) is 16.7. The Morgan fingerprint density at radius 1 is 1.07 bits per heavy atom. The second-order valence-corrected chi connectivity index (χ2v) is 6.57. The monoisotopic (exact) mass is 375 g/mol. The highest BCUT2D eigenvalue weighted by atomic mass is 16.5. The van der Waals surface area contributed by atoms with Crippen LogP contribution in [0.1, 0.15) is 27.0 Å². The molecule has 5 heteroatoms. The maximum atomic E-state index is 12.3. The zero-order valence-electron chi connectivity index (χ0n) is 16.2. The van der Waals surface area contributed by atoms with E-state index < -0.39 is 0 Å². The van der Waals surface area contributed by atoms with E-state index in [1.807, 2.05) is 55.5 Å². The van der Waals surface area contributed by atoms with Gasteiger partial charge in [0.2, 0.25) is 0 Å². The SMILES string of the molecule is COc1cccc(CCNc2ccc(C(=O)NCc3ccccc3C)cn2)c1. The molecule has 0 aliphatic heterocycles. The largest absolute Gasteiger partial charge is 0.497 e. The standard InChI is InChI=1S/C23H25N3O2/c1-17-6-3-4-8-19(17)15-26-23(27)20-10-11-22(25-16-20)24-13-12-18-7-5-9-21(14-18)28-2/h3-11,14,16H,12-13,15H2,1-2H3,(H,24,25)(H,26,27). The summed E-state index contributed by atoms with van der Waals surface area (Å²) in [6.45, 7) is 3.29. The second kappa shape index (κ2) is 9.55. The Bertz CT molecular complexity index is 923. The number of nitrogens with zero attached hydrogens (tertiary/aromatic N) is 1. The van der Waals surface area contributed by atoms with Crippen molar-refractivity contribution in [3.63, 3.8) is 0 Å². The molecule has 144 valence electrons. The van der Waals surface area contributed by atoms with Gasteiger partial charge in [-0.25, -0.2) is 4.98 Å². The van der Waals surface area contributed by atoms with Gasteiger partial charge in [-0.05, 0) is 54.3 Å². The highest BCUT2D eigenvalue weighted by Crippen LogP contribution is 2.13. The number of ether oxygens (including phenoxy) is 1. The molecule has 0 aliphatic rings. The molecule has 0 unspecified atom stereocenters. The molecule has 1 amide bonds. The van der Waals surface area contributed by atoms with Crippen LogP contribution in [0.2, 0.25) is 0 Å². The molecule has 2 aromatic carbocycles. The van der Waals surface area contributed by atoms with Crippen LogP contribution in [0.25, 0.3) is 0 Å². The summed E-state index contributed by atoms with van der Waals surface area (Å²) in [5, 5.41) is 6.22. The van der Waals surface area contributed by atoms with Gasteiger partial charge >= 0.3 is 0 Å². The molecule has 3 rings (SSSR count). The summed E-state index contributed by atoms with van der Waals surface area (Å²) >= 11 is 0. The molecule has 0 atom stereocenters. The van der Waals surface area contributed by atoms with Gasteiger partial charge in [0, 0.05) is 19.3 Å². The van der Waals surface area contributed by atoms with Gasteiger partial charge in [-0.1, -0.05) is 36.4 Å². The molecule has 0 fully saturated rings. The number of hydrogen-bond donors (Lipinski definition) is 2. The number of pyridine rings is 1. The number of benzene rings is 2. The van der Waals surface area contributed by atoms with Crippen molar-refractivity contribution in [2.24, 2.45) is 0 Å². The Kier molecular flexibility index (Phi) is 6.63. The van der Waals surface area contributed by atoms with Gasteiger partial charge in [-0.15, -0.1) is 0 Å². The van der Waals surface area contributed by atoms with Crippen LogP contribution in [0.15, 0.2) is 66.9 Å². The lowest BCUT2D eigenvalue weighted by Crippen LogP contribution is -2.23. The van der Waals surface area contributed by atoms with Crippen molar-refractivity contribution in [1.29, 1.82) is 0 Å². The summed E-state index contributed by atoms with van der Waals surface area (Å²) in [5.41, 5.74) is 4.02. The van der Waals surface area contributed by atoms with Gasteiger partial charge < -0.3 is 15.4 Å². The molecule has 0 bridgehead atoms. The number of nitrogens with one attached hydrogen (secondary N) is 2. The molecule has 0 saturated heterocycles. The van der Waals surface area contributed by atoms with Crippen LogP contribution >= 0.6 is 0 Å². The van der Waals surface area contributed by atoms with Crippen LogP contribution in [-0.4, -0.2) is 24.5 Å². The summed E-state index contributed by atoms with van der Waals surface area (Å²) in [6.07, 6.45) is 2.46. The molecule has 0 spiro atoms. The third-order valence-electron chi connectivity index (χ3n) is 4.58. The van der Waals surface area contributed by atoms with Gasteiger partial charge in [0.15, 0.2) is 0 Å². The first-order valence-electron chi connectivity index (χ1n) is 9.31. The van der Waals surface area contributed by atoms with Crippen LogP contribution in [0.4, 0.5) is 5.82 Å². The maximum absolute atomic E-state index is 12.3. The Morgan fingerprint density at radius 3 is 2.68 bits per heavy atom. The van der Waals surface area contributed by atoms with E-state index in [0.29, 0.717) is 12.1 Å². The summed E-state index contributed by atoms with van der Waals surface area (Å²) in [6, 6.07) is 19.6. The van der Waals surface area contributed by atoms with Crippen LogP contribution in [-0.2, 0) is 13.0 Å². The Morgan fingerprint density at radius 2 is 1.93 bits per heavy atom. The lowest BCUT2D eigenvalue weighted by atomic mass is 10.1. The number of anilines is 1. The number of carbonyl (C=O) groups is 1. The fourth-order valence-corrected chi connectivity index (χ4v) is 2.88. The molecule has 3 aromatic rings. The predicted octanol–water partition coefficient (Wildman–Crippen LogP) is 3.98. The minimum Gasteiger partial charge on any atom is -0.497 e. The van der Waals surface area contributed by atoms with Gasteiger partial charge in [0.05, 0.1) is 12.7 Å². The third kappa shape index (κ3) is 5.33. The van der Waals surface area contributed by atoms with Crippen LogP contribution in [0, 0.1) is 6.92 Å². The first kappa shape index (κ1) is 19.4. The number of aromatic nitrogens is 1. The highest BCUT2D eigenvalue weighted by Gasteiger charge is 2.07. The van der Waals surface area contributed by atoms with E-state index in [2.05, 4.69) is 21.7 Å². The Hall–Kier alpha value is -3.34. The van der Waals surface area contributed by atoms with Crippen molar-refractivity contribution in [2.75, 3.05) is 19.0 Å². The van der Waals surface area contributed by atoms with E-state index in [1.54, 1.807) is 19.4 Å². The highest BCUT2D eigenvalue weighted by molar-refractivity contribution is 5.94. The van der Waals surface area contributed by atoms with E-state index in [-0.39, 0.29) is 5.91 Å². The lowest BCUT2D eigenvalue weighted by Gasteiger charge is -2.09. The number of aryl methyl sites for hydroxylation is 1. The van der Waals surface area contributed by atoms with E-state index in [1.165, 1.54) is 5.56 Å². The average Bonchev–Trinajstić information content (AvgIpc) is 2.73. The third-order valence-corrected chi connectivity index (χ3v) is 4.58. The molecular formula is C23H25N3O2. The van der Waals surface area contributed by atoms with E-state index in [9.17, 15) is 4.79 Å². The minimum atomic E-state index is -0.126. The molecule has 0 aliphatic carbocycles. The molecule has 28 heavy (non-hydrogen) atoms. The number of hydrogen-bond acceptors (Lipinski definition) is 4. The molecule has 0 saturated carbocycles. The topological polar surface area (TPSA) is 63.2 Å². The second-order valence-electron chi connectivity index (χ2n) is 6.57. The number of carbonyl (C=O) groups excluding carboxylic acids is 1. The van der Waals surface area contributed by atoms with Crippen molar-refractivity contribution in [3.8, 4) is 5.75 Å². The normalized spacial score (nSPS) is 10.4. The Labute approximate surface area is 165 Å². The smallest absolute Gasteiger partial charge is 0.253 e. The zero-order valence-corrected chi connectivity index (χ0v) is 16.2. The molecule has 1 aromatic heterocycles. The van der Waals surface area contributed by atoms with E-state index >= 15 is 0 Å².